The van der Waals surface area contributed by atoms with Crippen molar-refractivity contribution >= 4 is 28.2 Å². The van der Waals surface area contributed by atoms with Crippen molar-refractivity contribution in [1.29, 1.82) is 0 Å². The molecule has 8 heteroatoms. The van der Waals surface area contributed by atoms with Gasteiger partial charge in [-0.3, -0.25) is 4.98 Å². The maximum Gasteiger partial charge on any atom is 0.369 e. The Hall–Kier alpha value is -3.13. The number of carbonyl (C=O) groups excluding carboxylic acids is 1. The first-order valence-electron chi connectivity index (χ1n) is 7.65. The first-order chi connectivity index (χ1) is 12.2. The van der Waals surface area contributed by atoms with Crippen molar-refractivity contribution in [3.8, 4) is 16.3 Å². The second kappa shape index (κ2) is 6.40. The molecule has 0 saturated heterocycles. The maximum absolute atomic E-state index is 11.7. The number of aromatic nitrogens is 5. The average Bonchev–Trinajstić information content (AvgIpc) is 3.29. The van der Waals surface area contributed by atoms with Gasteiger partial charge in [0.2, 0.25) is 5.01 Å². The fourth-order valence-electron chi connectivity index (χ4n) is 2.40. The van der Waals surface area contributed by atoms with Crippen LogP contribution < -0.4 is 0 Å². The van der Waals surface area contributed by atoms with E-state index in [-0.39, 0.29) is 5.01 Å². The van der Waals surface area contributed by atoms with Crippen molar-refractivity contribution < 1.29 is 9.53 Å². The highest BCUT2D eigenvalue weighted by atomic mass is 32.1. The summed E-state index contributed by atoms with van der Waals surface area (Å²) in [6, 6.07) is 9.62. The van der Waals surface area contributed by atoms with E-state index >= 15 is 0 Å². The molecule has 0 fully saturated rings. The molecule has 0 N–H and O–H groups in total. The van der Waals surface area contributed by atoms with E-state index in [9.17, 15) is 4.79 Å². The SMILES string of the molecule is CCOC(=O)c1nnc(-c2ccc3nn(-c4cccnc4)cc3c2)s1. The number of nitrogens with zero attached hydrogens (tertiary/aromatic N) is 5. The monoisotopic (exact) mass is 351 g/mol. The molecule has 0 unspecified atom stereocenters. The number of esters is 1. The Balaban J connectivity index is 1.69. The summed E-state index contributed by atoms with van der Waals surface area (Å²) >= 11 is 1.21. The van der Waals surface area contributed by atoms with E-state index in [0.29, 0.717) is 11.6 Å². The second-order valence-corrected chi connectivity index (χ2v) is 6.17. The number of benzene rings is 1. The number of hydrogen-bond acceptors (Lipinski definition) is 7. The molecule has 0 aliphatic carbocycles. The fourth-order valence-corrected chi connectivity index (χ4v) is 3.13. The first-order valence-corrected chi connectivity index (χ1v) is 8.47. The largest absolute Gasteiger partial charge is 0.461 e. The van der Waals surface area contributed by atoms with Crippen LogP contribution >= 0.6 is 11.3 Å². The van der Waals surface area contributed by atoms with Crippen molar-refractivity contribution in [3.63, 3.8) is 0 Å². The summed E-state index contributed by atoms with van der Waals surface area (Å²) < 4.78 is 6.73. The van der Waals surface area contributed by atoms with Crippen LogP contribution in [0.4, 0.5) is 0 Å². The van der Waals surface area contributed by atoms with Crippen LogP contribution in [-0.2, 0) is 4.74 Å². The van der Waals surface area contributed by atoms with Crippen LogP contribution in [0.2, 0.25) is 0 Å². The lowest BCUT2D eigenvalue weighted by Crippen LogP contribution is -2.03. The summed E-state index contributed by atoms with van der Waals surface area (Å²) in [6.07, 6.45) is 5.41. The Kier molecular flexibility index (Phi) is 3.95. The minimum absolute atomic E-state index is 0.253. The molecule has 0 amide bonds. The minimum Gasteiger partial charge on any atom is -0.461 e. The van der Waals surface area contributed by atoms with Crippen LogP contribution in [0, 0.1) is 0 Å². The van der Waals surface area contributed by atoms with Gasteiger partial charge in [-0.05, 0) is 37.3 Å². The van der Waals surface area contributed by atoms with E-state index in [1.165, 1.54) is 11.3 Å². The van der Waals surface area contributed by atoms with Gasteiger partial charge in [-0.25, -0.2) is 9.48 Å². The molecular weight excluding hydrogens is 338 g/mol. The summed E-state index contributed by atoms with van der Waals surface area (Å²) in [5, 5.41) is 14.4. The van der Waals surface area contributed by atoms with Crippen LogP contribution in [-0.4, -0.2) is 37.5 Å². The Morgan fingerprint density at radius 1 is 1.28 bits per heavy atom. The van der Waals surface area contributed by atoms with Crippen molar-refractivity contribution in [3.05, 3.63) is 53.9 Å². The van der Waals surface area contributed by atoms with Gasteiger partial charge in [0, 0.05) is 23.3 Å². The van der Waals surface area contributed by atoms with E-state index in [1.54, 1.807) is 24.0 Å². The summed E-state index contributed by atoms with van der Waals surface area (Å²) in [7, 11) is 0. The minimum atomic E-state index is -0.447. The summed E-state index contributed by atoms with van der Waals surface area (Å²) in [4.78, 5) is 15.8. The molecule has 124 valence electrons. The third-order valence-corrected chi connectivity index (χ3v) is 4.49. The van der Waals surface area contributed by atoms with Gasteiger partial charge in [0.1, 0.15) is 5.01 Å². The lowest BCUT2D eigenvalue weighted by Gasteiger charge is -1.97. The molecule has 7 nitrogen and oxygen atoms in total. The molecule has 1 aromatic carbocycles. The summed E-state index contributed by atoms with van der Waals surface area (Å²) in [5.74, 6) is -0.447. The molecule has 25 heavy (non-hydrogen) atoms. The van der Waals surface area contributed by atoms with Gasteiger partial charge in [0.15, 0.2) is 0 Å². The van der Waals surface area contributed by atoms with Gasteiger partial charge in [0.25, 0.3) is 0 Å². The molecule has 0 radical (unpaired) electrons. The molecule has 0 aliphatic rings. The van der Waals surface area contributed by atoms with Crippen LogP contribution in [0.15, 0.2) is 48.9 Å². The molecule has 0 bridgehead atoms. The lowest BCUT2D eigenvalue weighted by molar-refractivity contribution is 0.0525. The van der Waals surface area contributed by atoms with Gasteiger partial charge >= 0.3 is 5.97 Å². The zero-order chi connectivity index (χ0) is 17.2. The highest BCUT2D eigenvalue weighted by Gasteiger charge is 2.15. The van der Waals surface area contributed by atoms with Crippen molar-refractivity contribution in [2.75, 3.05) is 6.61 Å². The Bertz CT molecular complexity index is 1040. The molecule has 0 spiro atoms. The number of pyridine rings is 1. The second-order valence-electron chi connectivity index (χ2n) is 5.19. The van der Waals surface area contributed by atoms with Gasteiger partial charge in [-0.2, -0.15) is 5.10 Å². The topological polar surface area (TPSA) is 82.8 Å². The van der Waals surface area contributed by atoms with Crippen LogP contribution in [0.3, 0.4) is 0 Å². The van der Waals surface area contributed by atoms with Gasteiger partial charge in [-0.1, -0.05) is 11.3 Å². The highest BCUT2D eigenvalue weighted by Crippen LogP contribution is 2.27. The van der Waals surface area contributed by atoms with Crippen molar-refractivity contribution in [2.24, 2.45) is 0 Å². The molecule has 0 atom stereocenters. The zero-order valence-electron chi connectivity index (χ0n) is 13.3. The van der Waals surface area contributed by atoms with Crippen molar-refractivity contribution in [1.82, 2.24) is 25.0 Å². The maximum atomic E-state index is 11.7. The first kappa shape index (κ1) is 15.4. The van der Waals surface area contributed by atoms with Crippen LogP contribution in [0.1, 0.15) is 16.7 Å². The Morgan fingerprint density at radius 3 is 3.00 bits per heavy atom. The predicted molar refractivity (Wildman–Crippen MR) is 93.7 cm³/mol. The molecule has 3 aromatic heterocycles. The standard InChI is InChI=1S/C17H13N5O2S/c1-2-24-17(23)16-20-19-15(25-16)11-5-6-14-12(8-11)10-22(21-14)13-4-3-7-18-9-13/h3-10H,2H2,1H3. The molecule has 0 saturated carbocycles. The fraction of sp³-hybridized carbons (Fsp3) is 0.118. The van der Waals surface area contributed by atoms with E-state index in [2.05, 4.69) is 20.3 Å². The number of hydrogen-bond donors (Lipinski definition) is 0. The lowest BCUT2D eigenvalue weighted by atomic mass is 10.2. The number of carbonyl (C=O) groups is 1. The van der Waals surface area contributed by atoms with Gasteiger partial charge in [-0.15, -0.1) is 10.2 Å². The van der Waals surface area contributed by atoms with Crippen LogP contribution in [0.25, 0.3) is 27.2 Å². The molecule has 4 aromatic rings. The quantitative estimate of drug-likeness (QED) is 0.525. The zero-order valence-corrected chi connectivity index (χ0v) is 14.1. The summed E-state index contributed by atoms with van der Waals surface area (Å²) in [5.41, 5.74) is 2.63. The van der Waals surface area contributed by atoms with E-state index < -0.39 is 5.97 Å². The van der Waals surface area contributed by atoms with E-state index in [1.807, 2.05) is 36.5 Å². The number of ether oxygens (including phenoxy) is 1. The Labute approximate surface area is 146 Å². The van der Waals surface area contributed by atoms with Gasteiger partial charge < -0.3 is 4.74 Å². The molecule has 4 rings (SSSR count). The third kappa shape index (κ3) is 2.99. The van der Waals surface area contributed by atoms with E-state index in [0.717, 1.165) is 22.2 Å². The average molecular weight is 351 g/mol. The molecule has 3 heterocycles. The summed E-state index contributed by atoms with van der Waals surface area (Å²) in [6.45, 7) is 2.07. The van der Waals surface area contributed by atoms with Crippen molar-refractivity contribution in [2.45, 2.75) is 6.92 Å². The third-order valence-electron chi connectivity index (χ3n) is 3.54. The number of fused-ring (bicyclic) bond motifs is 1. The van der Waals surface area contributed by atoms with Gasteiger partial charge in [0.05, 0.1) is 24.0 Å². The van der Waals surface area contributed by atoms with E-state index in [4.69, 9.17) is 4.74 Å². The molecular formula is C17H13N5O2S. The Morgan fingerprint density at radius 2 is 2.20 bits per heavy atom. The predicted octanol–water partition coefficient (Wildman–Crippen LogP) is 3.12. The molecule has 0 aliphatic heterocycles. The normalized spacial score (nSPS) is 10.9. The van der Waals surface area contributed by atoms with Crippen LogP contribution in [0.5, 0.6) is 0 Å². The number of rotatable bonds is 4. The highest BCUT2D eigenvalue weighted by molar-refractivity contribution is 7.16. The smallest absolute Gasteiger partial charge is 0.369 e.